The summed E-state index contributed by atoms with van der Waals surface area (Å²) in [5.41, 5.74) is 6.43. The fourth-order valence-corrected chi connectivity index (χ4v) is 3.58. The molecule has 2 aliphatic heterocycles. The van der Waals surface area contributed by atoms with E-state index in [9.17, 15) is 0 Å². The third-order valence-electron chi connectivity index (χ3n) is 4.90. The average Bonchev–Trinajstić information content (AvgIpc) is 3.02. The second-order valence-electron chi connectivity index (χ2n) is 6.35. The molecule has 3 rings (SSSR count). The average molecular weight is 292 g/mol. The van der Waals surface area contributed by atoms with Crippen molar-refractivity contribution in [2.45, 2.75) is 51.2 Å². The van der Waals surface area contributed by atoms with Crippen molar-refractivity contribution in [1.29, 1.82) is 0 Å². The topological polar surface area (TPSA) is 63.2 Å². The number of nitrogens with zero attached hydrogens (tertiary/aromatic N) is 5. The van der Waals surface area contributed by atoms with Gasteiger partial charge >= 0.3 is 0 Å². The molecular weight excluding hydrogens is 264 g/mol. The smallest absolute Gasteiger partial charge is 0.0962 e. The Kier molecular flexibility index (Phi) is 5.22. The number of piperidine rings is 2. The molecule has 6 heteroatoms. The SMILES string of the molecule is NCc1cn(CCN2CCC(N3CCCCC3)CC2)nn1. The normalized spacial score (nSPS) is 22.7. The summed E-state index contributed by atoms with van der Waals surface area (Å²) in [5.74, 6) is 0. The van der Waals surface area contributed by atoms with E-state index in [1.807, 2.05) is 10.9 Å². The van der Waals surface area contributed by atoms with Gasteiger partial charge in [0.05, 0.1) is 12.2 Å². The third-order valence-corrected chi connectivity index (χ3v) is 4.90. The Morgan fingerprint density at radius 3 is 2.48 bits per heavy atom. The number of aromatic nitrogens is 3. The fourth-order valence-electron chi connectivity index (χ4n) is 3.58. The van der Waals surface area contributed by atoms with Gasteiger partial charge in [0.2, 0.25) is 0 Å². The van der Waals surface area contributed by atoms with Crippen LogP contribution in [0.15, 0.2) is 6.20 Å². The molecule has 3 heterocycles. The van der Waals surface area contributed by atoms with E-state index < -0.39 is 0 Å². The summed E-state index contributed by atoms with van der Waals surface area (Å²) < 4.78 is 1.92. The maximum absolute atomic E-state index is 5.56. The van der Waals surface area contributed by atoms with Crippen LogP contribution in [0.2, 0.25) is 0 Å². The van der Waals surface area contributed by atoms with Gasteiger partial charge in [-0.15, -0.1) is 5.10 Å². The first-order chi connectivity index (χ1) is 10.3. The third kappa shape index (κ3) is 4.02. The Balaban J connectivity index is 1.39. The molecule has 2 N–H and O–H groups in total. The molecule has 0 bridgehead atoms. The zero-order valence-electron chi connectivity index (χ0n) is 13.0. The summed E-state index contributed by atoms with van der Waals surface area (Å²) in [6.45, 7) is 7.55. The summed E-state index contributed by atoms with van der Waals surface area (Å²) in [4.78, 5) is 5.29. The molecule has 1 aromatic heterocycles. The van der Waals surface area contributed by atoms with E-state index >= 15 is 0 Å². The molecule has 0 unspecified atom stereocenters. The van der Waals surface area contributed by atoms with Crippen molar-refractivity contribution >= 4 is 0 Å². The van der Waals surface area contributed by atoms with Crippen LogP contribution < -0.4 is 5.73 Å². The lowest BCUT2D eigenvalue weighted by atomic mass is 10.00. The molecule has 0 aliphatic carbocycles. The molecule has 1 aromatic rings. The van der Waals surface area contributed by atoms with E-state index in [1.165, 1.54) is 58.3 Å². The lowest BCUT2D eigenvalue weighted by Crippen LogP contribution is -2.47. The van der Waals surface area contributed by atoms with Gasteiger partial charge in [0.25, 0.3) is 0 Å². The monoisotopic (exact) mass is 292 g/mol. The van der Waals surface area contributed by atoms with E-state index in [4.69, 9.17) is 5.73 Å². The summed E-state index contributed by atoms with van der Waals surface area (Å²) in [6, 6.07) is 0.830. The highest BCUT2D eigenvalue weighted by atomic mass is 15.4. The first-order valence-electron chi connectivity index (χ1n) is 8.40. The number of likely N-dealkylation sites (tertiary alicyclic amines) is 2. The number of hydrogen-bond donors (Lipinski definition) is 1. The fraction of sp³-hybridized carbons (Fsp3) is 0.867. The molecule has 0 spiro atoms. The standard InChI is InChI=1S/C15H28N6/c16-12-14-13-21(18-17-14)11-10-19-8-4-15(5-9-19)20-6-2-1-3-7-20/h13,15H,1-12,16H2. The second kappa shape index (κ2) is 7.33. The molecule has 6 nitrogen and oxygen atoms in total. The van der Waals surface area contributed by atoms with E-state index in [0.29, 0.717) is 6.54 Å². The zero-order chi connectivity index (χ0) is 14.5. The lowest BCUT2D eigenvalue weighted by Gasteiger charge is -2.40. The van der Waals surface area contributed by atoms with Crippen molar-refractivity contribution in [2.24, 2.45) is 5.73 Å². The summed E-state index contributed by atoms with van der Waals surface area (Å²) in [5, 5.41) is 8.15. The van der Waals surface area contributed by atoms with E-state index in [2.05, 4.69) is 20.1 Å². The van der Waals surface area contributed by atoms with E-state index in [-0.39, 0.29) is 0 Å². The Morgan fingerprint density at radius 1 is 1.05 bits per heavy atom. The first kappa shape index (κ1) is 14.9. The van der Waals surface area contributed by atoms with Gasteiger partial charge in [0.15, 0.2) is 0 Å². The minimum Gasteiger partial charge on any atom is -0.325 e. The van der Waals surface area contributed by atoms with Gasteiger partial charge in [0.1, 0.15) is 0 Å². The molecule has 118 valence electrons. The summed E-state index contributed by atoms with van der Waals surface area (Å²) in [7, 11) is 0. The largest absolute Gasteiger partial charge is 0.325 e. The highest BCUT2D eigenvalue weighted by Crippen LogP contribution is 2.20. The van der Waals surface area contributed by atoms with Crippen LogP contribution in [0.25, 0.3) is 0 Å². The van der Waals surface area contributed by atoms with Gasteiger partial charge in [-0.2, -0.15) is 0 Å². The van der Waals surface area contributed by atoms with Crippen LogP contribution in [0.4, 0.5) is 0 Å². The summed E-state index contributed by atoms with van der Waals surface area (Å²) >= 11 is 0. The van der Waals surface area contributed by atoms with Crippen molar-refractivity contribution < 1.29 is 0 Å². The van der Waals surface area contributed by atoms with Gasteiger partial charge in [-0.05, 0) is 51.9 Å². The molecule has 0 atom stereocenters. The number of nitrogens with two attached hydrogens (primary N) is 1. The van der Waals surface area contributed by atoms with Crippen LogP contribution in [0.1, 0.15) is 37.8 Å². The van der Waals surface area contributed by atoms with Gasteiger partial charge in [0, 0.05) is 25.3 Å². The lowest BCUT2D eigenvalue weighted by molar-refractivity contribution is 0.0906. The van der Waals surface area contributed by atoms with Crippen molar-refractivity contribution in [3.05, 3.63) is 11.9 Å². The van der Waals surface area contributed by atoms with E-state index in [1.54, 1.807) is 0 Å². The van der Waals surface area contributed by atoms with Gasteiger partial charge in [-0.1, -0.05) is 11.6 Å². The first-order valence-corrected chi connectivity index (χ1v) is 8.40. The molecule has 0 radical (unpaired) electrons. The van der Waals surface area contributed by atoms with Crippen LogP contribution in [-0.4, -0.2) is 63.6 Å². The molecule has 2 saturated heterocycles. The Morgan fingerprint density at radius 2 is 1.81 bits per heavy atom. The van der Waals surface area contributed by atoms with E-state index in [0.717, 1.165) is 24.8 Å². The maximum atomic E-state index is 5.56. The number of rotatable bonds is 5. The van der Waals surface area contributed by atoms with Crippen LogP contribution in [0, 0.1) is 0 Å². The molecule has 2 aliphatic rings. The quantitative estimate of drug-likeness (QED) is 0.865. The van der Waals surface area contributed by atoms with Crippen molar-refractivity contribution in [2.75, 3.05) is 32.7 Å². The molecule has 2 fully saturated rings. The Hall–Kier alpha value is -0.980. The van der Waals surface area contributed by atoms with Gasteiger partial charge in [-0.25, -0.2) is 0 Å². The molecule has 0 saturated carbocycles. The minimum absolute atomic E-state index is 0.473. The molecule has 21 heavy (non-hydrogen) atoms. The van der Waals surface area contributed by atoms with Crippen molar-refractivity contribution in [1.82, 2.24) is 24.8 Å². The van der Waals surface area contributed by atoms with Crippen molar-refractivity contribution in [3.8, 4) is 0 Å². The highest BCUT2D eigenvalue weighted by molar-refractivity contribution is 4.90. The van der Waals surface area contributed by atoms with Crippen LogP contribution in [0.5, 0.6) is 0 Å². The molecular formula is C15H28N6. The van der Waals surface area contributed by atoms with Gasteiger partial charge in [-0.3, -0.25) is 4.68 Å². The van der Waals surface area contributed by atoms with Crippen LogP contribution >= 0.6 is 0 Å². The summed E-state index contributed by atoms with van der Waals surface area (Å²) in [6.07, 6.45) is 8.83. The Bertz CT molecular complexity index is 418. The zero-order valence-corrected chi connectivity index (χ0v) is 13.0. The maximum Gasteiger partial charge on any atom is 0.0962 e. The van der Waals surface area contributed by atoms with Gasteiger partial charge < -0.3 is 15.5 Å². The highest BCUT2D eigenvalue weighted by Gasteiger charge is 2.25. The predicted octanol–water partition coefficient (Wildman–Crippen LogP) is 0.687. The van der Waals surface area contributed by atoms with Crippen molar-refractivity contribution in [3.63, 3.8) is 0 Å². The predicted molar refractivity (Wildman–Crippen MR) is 82.8 cm³/mol. The molecule has 0 amide bonds. The van der Waals surface area contributed by atoms with Crippen LogP contribution in [-0.2, 0) is 13.1 Å². The number of hydrogen-bond acceptors (Lipinski definition) is 5. The Labute approximate surface area is 127 Å². The molecule has 0 aromatic carbocycles. The minimum atomic E-state index is 0.473. The second-order valence-corrected chi connectivity index (χ2v) is 6.35. The van der Waals surface area contributed by atoms with Crippen LogP contribution in [0.3, 0.4) is 0 Å².